The van der Waals surface area contributed by atoms with Gasteiger partial charge in [0.25, 0.3) is 0 Å². The van der Waals surface area contributed by atoms with E-state index in [1.54, 1.807) is 12.1 Å². The highest BCUT2D eigenvalue weighted by molar-refractivity contribution is 5.98. The number of carboxylic acids is 2. The number of hydrogen-bond acceptors (Lipinski definition) is 5. The number of carboxylic acid groups (broad SMARTS) is 2. The summed E-state index contributed by atoms with van der Waals surface area (Å²) in [4.78, 5) is 19.3. The van der Waals surface area contributed by atoms with Crippen LogP contribution in [-0.2, 0) is 9.59 Å². The van der Waals surface area contributed by atoms with Gasteiger partial charge in [-0.3, -0.25) is 9.59 Å². The van der Waals surface area contributed by atoms with Gasteiger partial charge in [0, 0.05) is 6.54 Å². The molecule has 0 spiro atoms. The number of nitrogens with one attached hydrogen (secondary N) is 1. The zero-order chi connectivity index (χ0) is 26.3. The van der Waals surface area contributed by atoms with E-state index in [1.165, 1.54) is 16.7 Å². The van der Waals surface area contributed by atoms with Crippen LogP contribution in [0, 0.1) is 0 Å². The van der Waals surface area contributed by atoms with Crippen LogP contribution in [0.2, 0.25) is 0 Å². The molecule has 7 nitrogen and oxygen atoms in total. The van der Waals surface area contributed by atoms with Crippen LogP contribution in [0.25, 0.3) is 11.1 Å². The molecule has 3 rings (SSSR count). The van der Waals surface area contributed by atoms with Crippen molar-refractivity contribution in [1.29, 1.82) is 0 Å². The first kappa shape index (κ1) is 28.1. The minimum absolute atomic E-state index is 0.272. The largest absolute Gasteiger partial charge is 0.508 e. The lowest BCUT2D eigenvalue weighted by molar-refractivity contribution is -0.143. The number of rotatable bonds is 11. The molecule has 0 saturated carbocycles. The molecule has 0 fully saturated rings. The van der Waals surface area contributed by atoms with Crippen molar-refractivity contribution in [2.75, 3.05) is 20.2 Å². The quantitative estimate of drug-likeness (QED) is 0.213. The van der Waals surface area contributed by atoms with Gasteiger partial charge in [0.05, 0.1) is 12.8 Å². The van der Waals surface area contributed by atoms with E-state index < -0.39 is 11.9 Å². The van der Waals surface area contributed by atoms with E-state index in [9.17, 15) is 14.7 Å². The molecule has 0 aliphatic carbocycles. The fourth-order valence-electron chi connectivity index (χ4n) is 3.51. The minimum atomic E-state index is -1.08. The third-order valence-electron chi connectivity index (χ3n) is 5.25. The molecule has 0 unspecified atom stereocenters. The molecule has 3 aromatic carbocycles. The first-order valence-electron chi connectivity index (χ1n) is 11.7. The number of phenolic OH excluding ortho intramolecular Hbond substituents is 1. The lowest BCUT2D eigenvalue weighted by Crippen LogP contribution is -2.15. The van der Waals surface area contributed by atoms with Gasteiger partial charge in [-0.1, -0.05) is 61.5 Å². The Balaban J connectivity index is 0.000000493. The molecule has 0 heterocycles. The lowest BCUT2D eigenvalue weighted by Gasteiger charge is -2.17. The molecule has 0 aliphatic rings. The Morgan fingerprint density at radius 2 is 1.31 bits per heavy atom. The Morgan fingerprint density at radius 1 is 0.778 bits per heavy atom. The summed E-state index contributed by atoms with van der Waals surface area (Å²) >= 11 is 0. The van der Waals surface area contributed by atoms with E-state index in [0.29, 0.717) is 6.61 Å². The third-order valence-corrected chi connectivity index (χ3v) is 5.25. The van der Waals surface area contributed by atoms with E-state index in [2.05, 4.69) is 48.6 Å². The molecule has 0 bridgehead atoms. The maximum atomic E-state index is 9.72. The van der Waals surface area contributed by atoms with Crippen LogP contribution in [0.4, 0.5) is 0 Å². The van der Waals surface area contributed by atoms with Crippen molar-refractivity contribution in [3.05, 3.63) is 95.6 Å². The summed E-state index contributed by atoms with van der Waals surface area (Å²) in [5.74, 6) is -1.02. The van der Waals surface area contributed by atoms with Crippen molar-refractivity contribution in [3.63, 3.8) is 0 Å². The van der Waals surface area contributed by atoms with Gasteiger partial charge in [0.1, 0.15) is 18.1 Å². The van der Waals surface area contributed by atoms with Gasteiger partial charge in [-0.2, -0.15) is 0 Å². The normalized spacial score (nSPS) is 11.1. The maximum Gasteiger partial charge on any atom is 0.303 e. The standard InChI is InChI=1S/C25H27NO2.C4H6O4/c1-3-24(19-7-5-4-6-8-19)25(20-9-13-22(27)14-10-20)21-11-15-23(16-12-21)28-18-17-26-2;5-3(6)1-2-4(7)8/h4-16,26-27H,3,17-18H2,1-2H3;1-2H2,(H,5,6)(H,7,8)/b25-24-;. The predicted molar refractivity (Wildman–Crippen MR) is 141 cm³/mol. The number of phenols is 1. The molecular weight excluding hydrogens is 458 g/mol. The van der Waals surface area contributed by atoms with Crippen molar-refractivity contribution in [3.8, 4) is 11.5 Å². The van der Waals surface area contributed by atoms with Crippen LogP contribution in [0.1, 0.15) is 42.9 Å². The zero-order valence-corrected chi connectivity index (χ0v) is 20.6. The highest BCUT2D eigenvalue weighted by Gasteiger charge is 2.13. The van der Waals surface area contributed by atoms with Crippen LogP contribution in [0.3, 0.4) is 0 Å². The number of hydrogen-bond donors (Lipinski definition) is 4. The van der Waals surface area contributed by atoms with Crippen molar-refractivity contribution in [2.24, 2.45) is 0 Å². The van der Waals surface area contributed by atoms with Crippen molar-refractivity contribution >= 4 is 23.1 Å². The van der Waals surface area contributed by atoms with E-state index in [0.717, 1.165) is 29.8 Å². The molecule has 4 N–H and O–H groups in total. The highest BCUT2D eigenvalue weighted by Crippen LogP contribution is 2.35. The zero-order valence-electron chi connectivity index (χ0n) is 20.6. The Morgan fingerprint density at radius 3 is 1.78 bits per heavy atom. The van der Waals surface area contributed by atoms with E-state index in [4.69, 9.17) is 14.9 Å². The van der Waals surface area contributed by atoms with Gasteiger partial charge < -0.3 is 25.4 Å². The number of likely N-dealkylation sites (N-methyl/N-ethyl adjacent to an activating group) is 1. The second-order valence-corrected chi connectivity index (χ2v) is 7.88. The van der Waals surface area contributed by atoms with Gasteiger partial charge in [0.2, 0.25) is 0 Å². The van der Waals surface area contributed by atoms with Gasteiger partial charge in [-0.25, -0.2) is 0 Å². The van der Waals surface area contributed by atoms with Crippen LogP contribution in [0.5, 0.6) is 11.5 Å². The SMILES string of the molecule is CC/C(=C(\c1ccc(O)cc1)c1ccc(OCCNC)cc1)c1ccccc1.O=C(O)CCC(=O)O. The van der Waals surface area contributed by atoms with Crippen LogP contribution < -0.4 is 10.1 Å². The average Bonchev–Trinajstić information content (AvgIpc) is 2.88. The van der Waals surface area contributed by atoms with Gasteiger partial charge in [0.15, 0.2) is 0 Å². The molecule has 0 saturated heterocycles. The number of aliphatic carboxylic acids is 2. The molecular formula is C29H33NO6. The topological polar surface area (TPSA) is 116 Å². The Hall–Kier alpha value is -4.10. The van der Waals surface area contributed by atoms with Crippen LogP contribution >= 0.6 is 0 Å². The summed E-state index contributed by atoms with van der Waals surface area (Å²) in [6.45, 7) is 3.63. The summed E-state index contributed by atoms with van der Waals surface area (Å²) in [6, 6.07) is 26.1. The van der Waals surface area contributed by atoms with Crippen LogP contribution in [-0.4, -0.2) is 47.5 Å². The van der Waals surface area contributed by atoms with Gasteiger partial charge in [-0.15, -0.1) is 0 Å². The fourth-order valence-corrected chi connectivity index (χ4v) is 3.51. The molecule has 3 aromatic rings. The second-order valence-electron chi connectivity index (χ2n) is 7.88. The number of benzene rings is 3. The summed E-state index contributed by atoms with van der Waals surface area (Å²) in [5, 5.41) is 28.6. The van der Waals surface area contributed by atoms with Crippen molar-refractivity contribution in [2.45, 2.75) is 26.2 Å². The molecule has 36 heavy (non-hydrogen) atoms. The first-order valence-corrected chi connectivity index (χ1v) is 11.7. The van der Waals surface area contributed by atoms with Crippen molar-refractivity contribution < 1.29 is 29.6 Å². The average molecular weight is 492 g/mol. The predicted octanol–water partition coefficient (Wildman–Crippen LogP) is 5.30. The molecule has 0 amide bonds. The Kier molecular flexibility index (Phi) is 11.7. The number of carbonyl (C=O) groups is 2. The summed E-state index contributed by atoms with van der Waals surface area (Å²) < 4.78 is 5.76. The number of ether oxygens (including phenoxy) is 1. The molecule has 0 radical (unpaired) electrons. The Labute approximate surface area is 211 Å². The lowest BCUT2D eigenvalue weighted by atomic mass is 9.88. The van der Waals surface area contributed by atoms with E-state index in [-0.39, 0.29) is 18.6 Å². The third kappa shape index (κ3) is 9.27. The fraction of sp³-hybridized carbons (Fsp3) is 0.241. The molecule has 0 aliphatic heterocycles. The molecule has 7 heteroatoms. The molecule has 0 aromatic heterocycles. The summed E-state index contributed by atoms with van der Waals surface area (Å²) in [5.41, 5.74) is 5.88. The maximum absolute atomic E-state index is 9.72. The second kappa shape index (κ2) is 15.0. The number of aromatic hydroxyl groups is 1. The monoisotopic (exact) mass is 491 g/mol. The number of allylic oxidation sites excluding steroid dienone is 1. The molecule has 190 valence electrons. The summed E-state index contributed by atoms with van der Waals surface area (Å²) in [6.07, 6.45) is 0.311. The minimum Gasteiger partial charge on any atom is -0.508 e. The Bertz CT molecular complexity index is 1110. The molecule has 0 atom stereocenters. The smallest absolute Gasteiger partial charge is 0.303 e. The highest BCUT2D eigenvalue weighted by atomic mass is 16.5. The van der Waals surface area contributed by atoms with Gasteiger partial charge in [-0.05, 0) is 65.6 Å². The first-order chi connectivity index (χ1) is 17.3. The van der Waals surface area contributed by atoms with Crippen LogP contribution in [0.15, 0.2) is 78.9 Å². The van der Waals surface area contributed by atoms with Gasteiger partial charge >= 0.3 is 11.9 Å². The summed E-state index contributed by atoms with van der Waals surface area (Å²) in [7, 11) is 1.91. The van der Waals surface area contributed by atoms with E-state index in [1.807, 2.05) is 37.4 Å². The van der Waals surface area contributed by atoms with E-state index >= 15 is 0 Å². The van der Waals surface area contributed by atoms with Crippen molar-refractivity contribution in [1.82, 2.24) is 5.32 Å².